The Morgan fingerprint density at radius 3 is 2.25 bits per heavy atom. The summed E-state index contributed by atoms with van der Waals surface area (Å²) in [4.78, 5) is 2.07. The van der Waals surface area contributed by atoms with E-state index in [0.717, 1.165) is 17.0 Å². The standard InChI is InChI=1S/C17H20ClNO/c1-19(2)15-9-7-13(8-10-15)11-14(12-20)16-5-3-4-6-17(16)18/h3-10,14,20H,11-12H2,1-2H3. The Kier molecular flexibility index (Phi) is 5.05. The van der Waals surface area contributed by atoms with Gasteiger partial charge in [0, 0.05) is 30.7 Å². The van der Waals surface area contributed by atoms with Crippen LogP contribution in [0.4, 0.5) is 5.69 Å². The zero-order chi connectivity index (χ0) is 14.5. The van der Waals surface area contributed by atoms with Crippen LogP contribution >= 0.6 is 11.6 Å². The molecule has 0 aliphatic heterocycles. The third-order valence-electron chi connectivity index (χ3n) is 3.50. The molecule has 0 aromatic heterocycles. The van der Waals surface area contributed by atoms with Crippen molar-refractivity contribution in [2.45, 2.75) is 12.3 Å². The van der Waals surface area contributed by atoms with Crippen molar-refractivity contribution < 1.29 is 5.11 Å². The maximum absolute atomic E-state index is 9.64. The first-order chi connectivity index (χ1) is 9.61. The van der Waals surface area contributed by atoms with Crippen LogP contribution in [0.2, 0.25) is 5.02 Å². The van der Waals surface area contributed by atoms with Gasteiger partial charge in [-0.2, -0.15) is 0 Å². The summed E-state index contributed by atoms with van der Waals surface area (Å²) >= 11 is 6.21. The first-order valence-corrected chi connectivity index (χ1v) is 7.11. The molecule has 0 radical (unpaired) electrons. The van der Waals surface area contributed by atoms with Crippen LogP contribution in [0, 0.1) is 0 Å². The molecule has 0 heterocycles. The molecule has 3 heteroatoms. The molecule has 0 aliphatic rings. The van der Waals surface area contributed by atoms with Gasteiger partial charge in [-0.3, -0.25) is 0 Å². The minimum Gasteiger partial charge on any atom is -0.396 e. The summed E-state index contributed by atoms with van der Waals surface area (Å²) in [6.07, 6.45) is 0.786. The average Bonchev–Trinajstić information content (AvgIpc) is 2.46. The fourth-order valence-corrected chi connectivity index (χ4v) is 2.58. The molecule has 0 bridgehead atoms. The van der Waals surface area contributed by atoms with E-state index in [1.54, 1.807) is 0 Å². The number of rotatable bonds is 5. The van der Waals surface area contributed by atoms with Gasteiger partial charge in [0.15, 0.2) is 0 Å². The number of benzene rings is 2. The van der Waals surface area contributed by atoms with E-state index in [1.165, 1.54) is 11.3 Å². The predicted molar refractivity (Wildman–Crippen MR) is 85.8 cm³/mol. The molecule has 0 amide bonds. The molecular weight excluding hydrogens is 270 g/mol. The zero-order valence-corrected chi connectivity index (χ0v) is 12.6. The van der Waals surface area contributed by atoms with Gasteiger partial charge in [0.05, 0.1) is 6.61 Å². The van der Waals surface area contributed by atoms with Gasteiger partial charge < -0.3 is 10.0 Å². The van der Waals surface area contributed by atoms with Crippen LogP contribution in [0.15, 0.2) is 48.5 Å². The van der Waals surface area contributed by atoms with Crippen LogP contribution in [0.25, 0.3) is 0 Å². The third kappa shape index (κ3) is 3.53. The summed E-state index contributed by atoms with van der Waals surface area (Å²) in [5, 5.41) is 10.4. The van der Waals surface area contributed by atoms with Crippen LogP contribution in [0.5, 0.6) is 0 Å². The molecule has 2 rings (SSSR count). The molecule has 106 valence electrons. The molecule has 0 aliphatic carbocycles. The molecular formula is C17H20ClNO. The highest BCUT2D eigenvalue weighted by Gasteiger charge is 2.14. The van der Waals surface area contributed by atoms with E-state index < -0.39 is 0 Å². The number of hydrogen-bond donors (Lipinski definition) is 1. The van der Waals surface area contributed by atoms with Crippen molar-refractivity contribution in [3.63, 3.8) is 0 Å². The minimum atomic E-state index is 0.0360. The normalized spacial score (nSPS) is 12.2. The molecule has 1 unspecified atom stereocenters. The van der Waals surface area contributed by atoms with Crippen molar-refractivity contribution in [1.29, 1.82) is 0 Å². The summed E-state index contributed by atoms with van der Waals surface area (Å²) < 4.78 is 0. The molecule has 0 fully saturated rings. The third-order valence-corrected chi connectivity index (χ3v) is 3.84. The van der Waals surface area contributed by atoms with Gasteiger partial charge in [-0.1, -0.05) is 41.9 Å². The molecule has 2 nitrogen and oxygen atoms in total. The SMILES string of the molecule is CN(C)c1ccc(CC(CO)c2ccccc2Cl)cc1. The van der Waals surface area contributed by atoms with E-state index in [2.05, 4.69) is 29.2 Å². The Morgan fingerprint density at radius 2 is 1.70 bits per heavy atom. The molecule has 2 aromatic rings. The van der Waals surface area contributed by atoms with Gasteiger partial charge in [0.1, 0.15) is 0 Å². The lowest BCUT2D eigenvalue weighted by Crippen LogP contribution is -2.10. The van der Waals surface area contributed by atoms with Crippen LogP contribution in [0.1, 0.15) is 17.0 Å². The lowest BCUT2D eigenvalue weighted by Gasteiger charge is -2.17. The van der Waals surface area contributed by atoms with E-state index in [0.29, 0.717) is 0 Å². The molecule has 1 N–H and O–H groups in total. The van der Waals surface area contributed by atoms with Crippen LogP contribution in [-0.2, 0) is 6.42 Å². The Morgan fingerprint density at radius 1 is 1.05 bits per heavy atom. The second kappa shape index (κ2) is 6.78. The highest BCUT2D eigenvalue weighted by atomic mass is 35.5. The summed E-state index contributed by atoms with van der Waals surface area (Å²) in [5.41, 5.74) is 3.38. The van der Waals surface area contributed by atoms with Crippen LogP contribution < -0.4 is 4.90 Å². The number of halogens is 1. The van der Waals surface area contributed by atoms with Crippen LogP contribution in [-0.4, -0.2) is 25.8 Å². The minimum absolute atomic E-state index is 0.0360. The second-order valence-corrected chi connectivity index (χ2v) is 5.57. The number of nitrogens with zero attached hydrogens (tertiary/aromatic N) is 1. The smallest absolute Gasteiger partial charge is 0.0503 e. The number of anilines is 1. The van der Waals surface area contributed by atoms with E-state index in [1.807, 2.05) is 38.4 Å². The topological polar surface area (TPSA) is 23.5 Å². The Labute approximate surface area is 125 Å². The van der Waals surface area contributed by atoms with Crippen molar-refractivity contribution in [3.05, 3.63) is 64.7 Å². The van der Waals surface area contributed by atoms with Gasteiger partial charge in [-0.15, -0.1) is 0 Å². The molecule has 1 atom stereocenters. The van der Waals surface area contributed by atoms with Crippen molar-refractivity contribution in [2.75, 3.05) is 25.6 Å². The van der Waals surface area contributed by atoms with Gasteiger partial charge >= 0.3 is 0 Å². The lowest BCUT2D eigenvalue weighted by atomic mass is 9.92. The van der Waals surface area contributed by atoms with E-state index in [4.69, 9.17) is 11.6 Å². The maximum Gasteiger partial charge on any atom is 0.0503 e. The molecule has 20 heavy (non-hydrogen) atoms. The monoisotopic (exact) mass is 289 g/mol. The first-order valence-electron chi connectivity index (χ1n) is 6.73. The fraction of sp³-hybridized carbons (Fsp3) is 0.294. The summed E-state index contributed by atoms with van der Waals surface area (Å²) in [7, 11) is 4.05. The van der Waals surface area contributed by atoms with Gasteiger partial charge in [0.2, 0.25) is 0 Å². The Balaban J connectivity index is 2.16. The molecule has 0 saturated carbocycles. The molecule has 0 spiro atoms. The Bertz CT molecular complexity index is 551. The van der Waals surface area contributed by atoms with E-state index in [9.17, 15) is 5.11 Å². The van der Waals surface area contributed by atoms with E-state index in [-0.39, 0.29) is 12.5 Å². The summed E-state index contributed by atoms with van der Waals surface area (Å²) in [6.45, 7) is 0.0964. The molecule has 0 saturated heterocycles. The second-order valence-electron chi connectivity index (χ2n) is 5.17. The van der Waals surface area contributed by atoms with Gasteiger partial charge in [-0.05, 0) is 35.7 Å². The zero-order valence-electron chi connectivity index (χ0n) is 11.9. The maximum atomic E-state index is 9.64. The summed E-state index contributed by atoms with van der Waals surface area (Å²) in [6, 6.07) is 16.1. The van der Waals surface area contributed by atoms with Crippen molar-refractivity contribution in [1.82, 2.24) is 0 Å². The van der Waals surface area contributed by atoms with E-state index >= 15 is 0 Å². The number of aliphatic hydroxyl groups excluding tert-OH is 1. The summed E-state index contributed by atoms with van der Waals surface area (Å²) in [5.74, 6) is 0.0360. The van der Waals surface area contributed by atoms with Crippen LogP contribution in [0.3, 0.4) is 0 Å². The average molecular weight is 290 g/mol. The quantitative estimate of drug-likeness (QED) is 0.907. The van der Waals surface area contributed by atoms with Crippen molar-refractivity contribution >= 4 is 17.3 Å². The lowest BCUT2D eigenvalue weighted by molar-refractivity contribution is 0.264. The van der Waals surface area contributed by atoms with Gasteiger partial charge in [0.25, 0.3) is 0 Å². The Hall–Kier alpha value is -1.51. The van der Waals surface area contributed by atoms with Gasteiger partial charge in [-0.25, -0.2) is 0 Å². The predicted octanol–water partition coefficient (Wildman–Crippen LogP) is 3.72. The first kappa shape index (κ1) is 14.9. The number of hydrogen-bond acceptors (Lipinski definition) is 2. The highest BCUT2D eigenvalue weighted by molar-refractivity contribution is 6.31. The van der Waals surface area contributed by atoms with Crippen molar-refractivity contribution in [2.24, 2.45) is 0 Å². The highest BCUT2D eigenvalue weighted by Crippen LogP contribution is 2.27. The van der Waals surface area contributed by atoms with Crippen molar-refractivity contribution in [3.8, 4) is 0 Å². The number of aliphatic hydroxyl groups is 1. The largest absolute Gasteiger partial charge is 0.396 e. The fourth-order valence-electron chi connectivity index (χ4n) is 2.29. The molecule has 2 aromatic carbocycles.